The summed E-state index contributed by atoms with van der Waals surface area (Å²) in [6.45, 7) is 0.116. The van der Waals surface area contributed by atoms with Crippen molar-refractivity contribution in [2.45, 2.75) is 30.3 Å². The van der Waals surface area contributed by atoms with E-state index in [2.05, 4.69) is 5.32 Å². The van der Waals surface area contributed by atoms with Crippen LogP contribution in [-0.4, -0.2) is 17.9 Å². The molecular formula is C20H17FN2O2S. The lowest BCUT2D eigenvalue weighted by Gasteiger charge is -2.30. The number of halogens is 1. The Balaban J connectivity index is 1.66. The first-order chi connectivity index (χ1) is 12.6. The number of benzene rings is 2. The van der Waals surface area contributed by atoms with Gasteiger partial charge in [-0.2, -0.15) is 0 Å². The second kappa shape index (κ2) is 6.96. The number of para-hydroxylation sites is 1. The molecule has 2 aliphatic rings. The summed E-state index contributed by atoms with van der Waals surface area (Å²) >= 11 is 1.27. The van der Waals surface area contributed by atoms with Crippen LogP contribution in [0.5, 0.6) is 0 Å². The van der Waals surface area contributed by atoms with E-state index in [-0.39, 0.29) is 30.2 Å². The zero-order valence-electron chi connectivity index (χ0n) is 13.9. The molecule has 1 saturated carbocycles. The van der Waals surface area contributed by atoms with Gasteiger partial charge in [0.1, 0.15) is 5.82 Å². The van der Waals surface area contributed by atoms with Crippen molar-refractivity contribution in [3.63, 3.8) is 0 Å². The third kappa shape index (κ3) is 3.51. The first kappa shape index (κ1) is 16.8. The Hall–Kier alpha value is -2.60. The van der Waals surface area contributed by atoms with E-state index < -0.39 is 0 Å². The standard InChI is InChI=1S/C20H17FN2O2S/c21-15-6-2-1-5-13(15)12-23-16-7-3-4-8-17(16)26-18(20(23)25)11-19(24)22-14-9-10-14/h1-8,11,14H,9-10,12H2,(H,22,24)/b18-11-. The smallest absolute Gasteiger partial charge is 0.265 e. The first-order valence-electron chi connectivity index (χ1n) is 8.46. The molecule has 132 valence electrons. The van der Waals surface area contributed by atoms with Gasteiger partial charge in [-0.3, -0.25) is 9.59 Å². The minimum Gasteiger partial charge on any atom is -0.350 e. The Morgan fingerprint density at radius 2 is 1.92 bits per heavy atom. The van der Waals surface area contributed by atoms with Crippen molar-refractivity contribution in [3.8, 4) is 0 Å². The van der Waals surface area contributed by atoms with E-state index in [0.717, 1.165) is 23.4 Å². The molecule has 0 atom stereocenters. The third-order valence-corrected chi connectivity index (χ3v) is 5.38. The van der Waals surface area contributed by atoms with Crippen molar-refractivity contribution in [3.05, 3.63) is 70.9 Å². The normalized spacial score (nSPS) is 18.0. The number of nitrogens with one attached hydrogen (secondary N) is 1. The molecule has 0 radical (unpaired) electrons. The molecule has 2 aromatic rings. The molecule has 0 bridgehead atoms. The zero-order chi connectivity index (χ0) is 18.1. The molecule has 0 spiro atoms. The molecule has 2 aromatic carbocycles. The monoisotopic (exact) mass is 368 g/mol. The number of hydrogen-bond acceptors (Lipinski definition) is 3. The highest BCUT2D eigenvalue weighted by Gasteiger charge is 2.31. The lowest BCUT2D eigenvalue weighted by Crippen LogP contribution is -2.35. The van der Waals surface area contributed by atoms with Gasteiger partial charge >= 0.3 is 0 Å². The molecule has 1 aliphatic carbocycles. The second-order valence-corrected chi connectivity index (χ2v) is 7.43. The number of fused-ring (bicyclic) bond motifs is 1. The van der Waals surface area contributed by atoms with Gasteiger partial charge in [-0.1, -0.05) is 42.1 Å². The fourth-order valence-electron chi connectivity index (χ4n) is 2.81. The topological polar surface area (TPSA) is 49.4 Å². The molecule has 1 fully saturated rings. The van der Waals surface area contributed by atoms with E-state index in [9.17, 15) is 14.0 Å². The lowest BCUT2D eigenvalue weighted by molar-refractivity contribution is -0.118. The third-order valence-electron chi connectivity index (χ3n) is 4.30. The van der Waals surface area contributed by atoms with Gasteiger partial charge < -0.3 is 10.2 Å². The number of carbonyl (C=O) groups excluding carboxylic acids is 2. The Bertz CT molecular complexity index is 908. The lowest BCUT2D eigenvalue weighted by atomic mass is 10.1. The van der Waals surface area contributed by atoms with Gasteiger partial charge in [-0.25, -0.2) is 4.39 Å². The van der Waals surface area contributed by atoms with Crippen LogP contribution in [0.15, 0.2) is 64.4 Å². The van der Waals surface area contributed by atoms with Crippen molar-refractivity contribution in [1.29, 1.82) is 0 Å². The highest BCUT2D eigenvalue weighted by Crippen LogP contribution is 2.42. The van der Waals surface area contributed by atoms with Gasteiger partial charge in [-0.05, 0) is 31.0 Å². The second-order valence-electron chi connectivity index (χ2n) is 6.34. The van der Waals surface area contributed by atoms with Crippen LogP contribution in [0.3, 0.4) is 0 Å². The predicted molar refractivity (Wildman–Crippen MR) is 99.1 cm³/mol. The molecule has 26 heavy (non-hydrogen) atoms. The van der Waals surface area contributed by atoms with Crippen LogP contribution < -0.4 is 10.2 Å². The number of rotatable bonds is 4. The van der Waals surface area contributed by atoms with Crippen molar-refractivity contribution >= 4 is 29.3 Å². The summed E-state index contributed by atoms with van der Waals surface area (Å²) in [7, 11) is 0. The summed E-state index contributed by atoms with van der Waals surface area (Å²) < 4.78 is 14.1. The molecule has 6 heteroatoms. The van der Waals surface area contributed by atoms with Crippen LogP contribution in [0.25, 0.3) is 0 Å². The van der Waals surface area contributed by atoms with E-state index in [1.807, 2.05) is 24.3 Å². The Morgan fingerprint density at radius 3 is 2.69 bits per heavy atom. The Labute approximate surface area is 155 Å². The Kier molecular flexibility index (Phi) is 4.51. The summed E-state index contributed by atoms with van der Waals surface area (Å²) in [5.41, 5.74) is 1.16. The molecule has 1 heterocycles. The molecule has 1 N–H and O–H groups in total. The summed E-state index contributed by atoms with van der Waals surface area (Å²) in [4.78, 5) is 27.8. The van der Waals surface area contributed by atoms with Crippen molar-refractivity contribution in [2.75, 3.05) is 4.90 Å². The van der Waals surface area contributed by atoms with Crippen LogP contribution >= 0.6 is 11.8 Å². The van der Waals surface area contributed by atoms with Gasteiger partial charge in [0.2, 0.25) is 5.91 Å². The fourth-order valence-corrected chi connectivity index (χ4v) is 3.84. The van der Waals surface area contributed by atoms with E-state index in [4.69, 9.17) is 0 Å². The van der Waals surface area contributed by atoms with Gasteiger partial charge in [-0.15, -0.1) is 0 Å². The maximum Gasteiger partial charge on any atom is 0.265 e. The molecule has 4 rings (SSSR count). The average molecular weight is 368 g/mol. The molecule has 4 nitrogen and oxygen atoms in total. The van der Waals surface area contributed by atoms with E-state index in [1.54, 1.807) is 18.2 Å². The minimum absolute atomic E-state index is 0.116. The first-order valence-corrected chi connectivity index (χ1v) is 9.28. The minimum atomic E-state index is -0.354. The van der Waals surface area contributed by atoms with Crippen LogP contribution in [0.4, 0.5) is 10.1 Å². The van der Waals surface area contributed by atoms with Gasteiger partial charge in [0, 0.05) is 22.6 Å². The van der Waals surface area contributed by atoms with E-state index >= 15 is 0 Å². The largest absolute Gasteiger partial charge is 0.350 e. The quantitative estimate of drug-likeness (QED) is 0.839. The summed E-state index contributed by atoms with van der Waals surface area (Å²) in [5.74, 6) is -0.899. The number of nitrogens with zero attached hydrogens (tertiary/aromatic N) is 1. The fraction of sp³-hybridized carbons (Fsp3) is 0.200. The molecular weight excluding hydrogens is 351 g/mol. The summed E-state index contributed by atoms with van der Waals surface area (Å²) in [5, 5.41) is 2.86. The number of amides is 2. The number of carbonyl (C=O) groups is 2. The van der Waals surface area contributed by atoms with Crippen LogP contribution in [0, 0.1) is 5.82 Å². The number of thioether (sulfide) groups is 1. The predicted octanol–water partition coefficient (Wildman–Crippen LogP) is 3.63. The highest BCUT2D eigenvalue weighted by molar-refractivity contribution is 8.04. The Morgan fingerprint density at radius 1 is 1.19 bits per heavy atom. The molecule has 0 aromatic heterocycles. The van der Waals surface area contributed by atoms with Crippen molar-refractivity contribution in [1.82, 2.24) is 5.32 Å². The zero-order valence-corrected chi connectivity index (χ0v) is 14.8. The molecule has 0 saturated heterocycles. The van der Waals surface area contributed by atoms with E-state index in [1.165, 1.54) is 28.8 Å². The van der Waals surface area contributed by atoms with Crippen LogP contribution in [-0.2, 0) is 16.1 Å². The molecule has 2 amide bonds. The highest BCUT2D eigenvalue weighted by atomic mass is 32.2. The summed E-state index contributed by atoms with van der Waals surface area (Å²) in [6, 6.07) is 14.1. The van der Waals surface area contributed by atoms with E-state index in [0.29, 0.717) is 10.5 Å². The van der Waals surface area contributed by atoms with Crippen LogP contribution in [0.1, 0.15) is 18.4 Å². The van der Waals surface area contributed by atoms with Gasteiger partial charge in [0.05, 0.1) is 17.1 Å². The van der Waals surface area contributed by atoms with Crippen molar-refractivity contribution < 1.29 is 14.0 Å². The number of hydrogen-bond donors (Lipinski definition) is 1. The van der Waals surface area contributed by atoms with Crippen LogP contribution in [0.2, 0.25) is 0 Å². The van der Waals surface area contributed by atoms with Gasteiger partial charge in [0.25, 0.3) is 5.91 Å². The van der Waals surface area contributed by atoms with Gasteiger partial charge in [0.15, 0.2) is 0 Å². The number of anilines is 1. The molecule has 1 aliphatic heterocycles. The average Bonchev–Trinajstić information content (AvgIpc) is 3.44. The maximum absolute atomic E-state index is 14.1. The maximum atomic E-state index is 14.1. The molecule has 0 unspecified atom stereocenters. The SMILES string of the molecule is O=C(/C=C1\Sc2ccccc2N(Cc2ccccc2F)C1=O)NC1CC1. The summed E-state index contributed by atoms with van der Waals surface area (Å²) in [6.07, 6.45) is 3.33. The van der Waals surface area contributed by atoms with Crippen molar-refractivity contribution in [2.24, 2.45) is 0 Å².